The molecule has 2 aromatic heterocycles. The van der Waals surface area contributed by atoms with Gasteiger partial charge < -0.3 is 15.0 Å². The van der Waals surface area contributed by atoms with E-state index in [1.54, 1.807) is 10.6 Å². The van der Waals surface area contributed by atoms with Gasteiger partial charge in [-0.3, -0.25) is 0 Å². The van der Waals surface area contributed by atoms with Gasteiger partial charge in [-0.1, -0.05) is 41.7 Å². The zero-order valence-electron chi connectivity index (χ0n) is 11.8. The van der Waals surface area contributed by atoms with Gasteiger partial charge in [0, 0.05) is 11.9 Å². The monoisotopic (exact) mass is 314 g/mol. The number of imidazole rings is 1. The third-order valence-electron chi connectivity index (χ3n) is 4.10. The van der Waals surface area contributed by atoms with Crippen LogP contribution in [-0.4, -0.2) is 20.9 Å². The molecular weight excluding hydrogens is 300 g/mol. The van der Waals surface area contributed by atoms with Gasteiger partial charge in [0.1, 0.15) is 6.20 Å². The van der Waals surface area contributed by atoms with Crippen LogP contribution >= 0.6 is 11.3 Å². The van der Waals surface area contributed by atoms with Crippen molar-refractivity contribution in [1.29, 1.82) is 0 Å². The molecule has 0 amide bonds. The van der Waals surface area contributed by atoms with Crippen LogP contribution in [0.1, 0.15) is 24.4 Å². The van der Waals surface area contributed by atoms with Gasteiger partial charge in [-0.15, -0.1) is 0 Å². The fourth-order valence-electron chi connectivity index (χ4n) is 3.17. The van der Waals surface area contributed by atoms with E-state index in [0.29, 0.717) is 10.8 Å². The SMILES string of the molecule is O=[N+]([O-])c1c(N2CCCC2c2ccccc2)nc2sccn12. The molecule has 1 saturated heterocycles. The Hall–Kier alpha value is -2.41. The maximum atomic E-state index is 11.5. The van der Waals surface area contributed by atoms with Gasteiger partial charge >= 0.3 is 5.82 Å². The van der Waals surface area contributed by atoms with Crippen LogP contribution in [0, 0.1) is 10.1 Å². The minimum atomic E-state index is -0.331. The lowest BCUT2D eigenvalue weighted by molar-refractivity contribution is -0.389. The molecule has 1 atom stereocenters. The molecule has 1 aliphatic heterocycles. The number of nitrogens with zero attached hydrogens (tertiary/aromatic N) is 4. The highest BCUT2D eigenvalue weighted by Gasteiger charge is 2.35. The fraction of sp³-hybridized carbons (Fsp3) is 0.267. The first-order valence-corrected chi connectivity index (χ1v) is 8.05. The van der Waals surface area contributed by atoms with Crippen LogP contribution in [0.15, 0.2) is 41.9 Å². The zero-order valence-corrected chi connectivity index (χ0v) is 12.6. The number of hydrogen-bond donors (Lipinski definition) is 0. The first kappa shape index (κ1) is 13.3. The van der Waals surface area contributed by atoms with E-state index in [4.69, 9.17) is 0 Å². The molecule has 3 heterocycles. The van der Waals surface area contributed by atoms with Gasteiger partial charge in [-0.05, 0) is 23.3 Å². The first-order chi connectivity index (χ1) is 10.8. The molecule has 6 nitrogen and oxygen atoms in total. The molecule has 4 rings (SSSR count). The largest absolute Gasteiger partial charge is 0.373 e. The standard InChI is InChI=1S/C15H14N4O2S/c20-19(21)14-13(16-15-18(14)9-10-22-15)17-8-4-7-12(17)11-5-2-1-3-6-11/h1-3,5-6,9-10,12H,4,7-8H2. The molecule has 0 N–H and O–H groups in total. The Labute approximate surface area is 130 Å². The lowest BCUT2D eigenvalue weighted by Crippen LogP contribution is -2.23. The second-order valence-corrected chi connectivity index (χ2v) is 6.21. The molecule has 0 bridgehead atoms. The van der Waals surface area contributed by atoms with Crippen LogP contribution in [0.2, 0.25) is 0 Å². The van der Waals surface area contributed by atoms with Crippen molar-refractivity contribution in [1.82, 2.24) is 9.38 Å². The molecule has 1 unspecified atom stereocenters. The summed E-state index contributed by atoms with van der Waals surface area (Å²) in [5.74, 6) is 0.558. The molecule has 7 heteroatoms. The highest BCUT2D eigenvalue weighted by molar-refractivity contribution is 7.15. The van der Waals surface area contributed by atoms with E-state index in [0.717, 1.165) is 19.4 Å². The average molecular weight is 314 g/mol. The molecule has 112 valence electrons. The van der Waals surface area contributed by atoms with E-state index >= 15 is 0 Å². The van der Waals surface area contributed by atoms with E-state index in [1.165, 1.54) is 16.9 Å². The second-order valence-electron chi connectivity index (χ2n) is 5.33. The maximum Gasteiger partial charge on any atom is 0.373 e. The molecule has 0 spiro atoms. The van der Waals surface area contributed by atoms with Crippen LogP contribution in [0.3, 0.4) is 0 Å². The number of rotatable bonds is 3. The van der Waals surface area contributed by atoms with E-state index < -0.39 is 0 Å². The first-order valence-electron chi connectivity index (χ1n) is 7.17. The van der Waals surface area contributed by atoms with Crippen LogP contribution < -0.4 is 4.90 Å². The quantitative estimate of drug-likeness (QED) is 0.547. The summed E-state index contributed by atoms with van der Waals surface area (Å²) in [6, 6.07) is 10.3. The predicted molar refractivity (Wildman–Crippen MR) is 85.5 cm³/mol. The number of hydrogen-bond acceptors (Lipinski definition) is 5. The summed E-state index contributed by atoms with van der Waals surface area (Å²) in [6.07, 6.45) is 3.72. The Morgan fingerprint density at radius 2 is 2.14 bits per heavy atom. The molecule has 22 heavy (non-hydrogen) atoms. The Balaban J connectivity index is 1.82. The molecule has 0 radical (unpaired) electrons. The third kappa shape index (κ3) is 1.97. The average Bonchev–Trinajstić information content (AvgIpc) is 3.22. The van der Waals surface area contributed by atoms with Crippen molar-refractivity contribution in [2.45, 2.75) is 18.9 Å². The summed E-state index contributed by atoms with van der Waals surface area (Å²) in [5.41, 5.74) is 1.19. The molecular formula is C15H14N4O2S. The summed E-state index contributed by atoms with van der Waals surface area (Å²) in [5, 5.41) is 13.3. The van der Waals surface area contributed by atoms with Gasteiger partial charge in [0.15, 0.2) is 0 Å². The Kier molecular flexibility index (Phi) is 3.07. The van der Waals surface area contributed by atoms with Crippen molar-refractivity contribution in [3.63, 3.8) is 0 Å². The van der Waals surface area contributed by atoms with Crippen molar-refractivity contribution in [3.05, 3.63) is 57.6 Å². The minimum Gasteiger partial charge on any atom is -0.358 e. The smallest absolute Gasteiger partial charge is 0.358 e. The van der Waals surface area contributed by atoms with Crippen molar-refractivity contribution < 1.29 is 4.92 Å². The normalized spacial score (nSPS) is 18.2. The van der Waals surface area contributed by atoms with Crippen LogP contribution in [0.5, 0.6) is 0 Å². The van der Waals surface area contributed by atoms with Gasteiger partial charge in [-0.2, -0.15) is 9.38 Å². The highest BCUT2D eigenvalue weighted by atomic mass is 32.1. The minimum absolute atomic E-state index is 0.0686. The molecule has 3 aromatic rings. The van der Waals surface area contributed by atoms with Gasteiger partial charge in [0.25, 0.3) is 4.96 Å². The Morgan fingerprint density at radius 3 is 2.91 bits per heavy atom. The van der Waals surface area contributed by atoms with E-state index in [9.17, 15) is 10.1 Å². The lowest BCUT2D eigenvalue weighted by atomic mass is 10.0. The molecule has 1 fully saturated rings. The Bertz CT molecular complexity index is 827. The molecule has 0 saturated carbocycles. The van der Waals surface area contributed by atoms with E-state index in [-0.39, 0.29) is 16.8 Å². The third-order valence-corrected chi connectivity index (χ3v) is 4.86. The van der Waals surface area contributed by atoms with Crippen LogP contribution in [0.4, 0.5) is 11.6 Å². The number of fused-ring (bicyclic) bond motifs is 1. The number of benzene rings is 1. The van der Waals surface area contributed by atoms with Gasteiger partial charge in [0.05, 0.1) is 6.04 Å². The Morgan fingerprint density at radius 1 is 1.32 bits per heavy atom. The summed E-state index contributed by atoms with van der Waals surface area (Å²) < 4.78 is 1.57. The fourth-order valence-corrected chi connectivity index (χ4v) is 3.87. The zero-order chi connectivity index (χ0) is 15.1. The van der Waals surface area contributed by atoms with Gasteiger partial charge in [-0.25, -0.2) is 0 Å². The van der Waals surface area contributed by atoms with Crippen LogP contribution in [0.25, 0.3) is 4.96 Å². The predicted octanol–water partition coefficient (Wildman–Crippen LogP) is 3.65. The number of thiazole rings is 1. The number of nitro groups is 1. The second kappa shape index (κ2) is 5.10. The number of anilines is 1. The van der Waals surface area contributed by atoms with Crippen molar-refractivity contribution >= 4 is 27.9 Å². The molecule has 1 aliphatic rings. The topological polar surface area (TPSA) is 63.7 Å². The lowest BCUT2D eigenvalue weighted by Gasteiger charge is -2.24. The molecule has 0 aliphatic carbocycles. The summed E-state index contributed by atoms with van der Waals surface area (Å²) in [7, 11) is 0. The maximum absolute atomic E-state index is 11.5. The summed E-state index contributed by atoms with van der Waals surface area (Å²) in [4.78, 5) is 18.4. The van der Waals surface area contributed by atoms with E-state index in [1.807, 2.05) is 23.6 Å². The number of aromatic nitrogens is 2. The summed E-state index contributed by atoms with van der Waals surface area (Å²) >= 11 is 1.42. The van der Waals surface area contributed by atoms with Crippen molar-refractivity contribution in [2.24, 2.45) is 0 Å². The summed E-state index contributed by atoms with van der Waals surface area (Å²) in [6.45, 7) is 0.797. The molecule has 1 aromatic carbocycles. The van der Waals surface area contributed by atoms with E-state index in [2.05, 4.69) is 22.0 Å². The van der Waals surface area contributed by atoms with Crippen molar-refractivity contribution in [3.8, 4) is 0 Å². The van der Waals surface area contributed by atoms with Gasteiger partial charge in [0.2, 0.25) is 5.82 Å². The highest BCUT2D eigenvalue weighted by Crippen LogP contribution is 2.40. The van der Waals surface area contributed by atoms with Crippen LogP contribution in [-0.2, 0) is 0 Å². The van der Waals surface area contributed by atoms with Crippen molar-refractivity contribution in [2.75, 3.05) is 11.4 Å².